The van der Waals surface area contributed by atoms with Crippen LogP contribution in [0.15, 0.2) is 54.0 Å². The van der Waals surface area contributed by atoms with Gasteiger partial charge in [0.1, 0.15) is 5.82 Å². The van der Waals surface area contributed by atoms with Crippen molar-refractivity contribution in [1.29, 1.82) is 0 Å². The molecule has 1 amide bonds. The number of aromatic nitrogens is 2. The Morgan fingerprint density at radius 2 is 1.88 bits per heavy atom. The molecule has 2 aromatic heterocycles. The fraction of sp³-hybridized carbons (Fsp3) is 0.348. The lowest BCUT2D eigenvalue weighted by Gasteiger charge is -2.33. The predicted molar refractivity (Wildman–Crippen MR) is 118 cm³/mol. The van der Waals surface area contributed by atoms with Gasteiger partial charge in [-0.2, -0.15) is 13.2 Å². The number of halogens is 3. The Kier molecular flexibility index (Phi) is 6.74. The first kappa shape index (κ1) is 22.3. The Bertz CT molecular complexity index is 1030. The van der Waals surface area contributed by atoms with E-state index in [0.29, 0.717) is 31.7 Å². The zero-order chi connectivity index (χ0) is 22.6. The van der Waals surface area contributed by atoms with Crippen LogP contribution in [0.25, 0.3) is 0 Å². The average molecular weight is 461 g/mol. The maximum Gasteiger partial charge on any atom is 0.417 e. The molecule has 1 aromatic carbocycles. The van der Waals surface area contributed by atoms with E-state index in [1.807, 2.05) is 28.5 Å². The van der Waals surface area contributed by atoms with Crippen molar-refractivity contribution in [3.05, 3.63) is 75.9 Å². The van der Waals surface area contributed by atoms with Gasteiger partial charge >= 0.3 is 6.18 Å². The second-order valence-electron chi connectivity index (χ2n) is 7.80. The van der Waals surface area contributed by atoms with Gasteiger partial charge in [0.25, 0.3) is 0 Å². The number of thiazole rings is 1. The number of piperidine rings is 1. The number of benzene rings is 1. The van der Waals surface area contributed by atoms with Crippen LogP contribution in [0, 0.1) is 0 Å². The Labute approximate surface area is 188 Å². The van der Waals surface area contributed by atoms with Gasteiger partial charge in [0.2, 0.25) is 5.91 Å². The maximum absolute atomic E-state index is 12.7. The number of alkyl halides is 3. The van der Waals surface area contributed by atoms with Crippen LogP contribution in [0.5, 0.6) is 0 Å². The minimum atomic E-state index is -4.39. The summed E-state index contributed by atoms with van der Waals surface area (Å²) in [4.78, 5) is 22.9. The van der Waals surface area contributed by atoms with E-state index in [-0.39, 0.29) is 18.4 Å². The SMILES string of the molecule is O=C(Cc1csc(Cc2ccccc2)n1)NC1CCN(c2ccc(C(F)(F)F)cn2)CC1. The molecule has 0 radical (unpaired) electrons. The molecule has 5 nitrogen and oxygen atoms in total. The number of pyridine rings is 1. The molecular weight excluding hydrogens is 437 g/mol. The van der Waals surface area contributed by atoms with E-state index in [1.54, 1.807) is 11.3 Å². The van der Waals surface area contributed by atoms with Crippen LogP contribution in [0.4, 0.5) is 19.0 Å². The topological polar surface area (TPSA) is 58.1 Å². The van der Waals surface area contributed by atoms with Gasteiger partial charge in [-0.05, 0) is 30.5 Å². The quantitative estimate of drug-likeness (QED) is 0.590. The number of hydrogen-bond donors (Lipinski definition) is 1. The lowest BCUT2D eigenvalue weighted by molar-refractivity contribution is -0.137. The zero-order valence-corrected chi connectivity index (χ0v) is 18.1. The van der Waals surface area contributed by atoms with Crippen molar-refractivity contribution in [3.8, 4) is 0 Å². The first-order valence-corrected chi connectivity index (χ1v) is 11.3. The number of hydrogen-bond acceptors (Lipinski definition) is 5. The third-order valence-electron chi connectivity index (χ3n) is 5.40. The first-order valence-electron chi connectivity index (χ1n) is 10.4. The van der Waals surface area contributed by atoms with E-state index in [4.69, 9.17) is 0 Å². The number of amides is 1. The fourth-order valence-electron chi connectivity index (χ4n) is 3.72. The average Bonchev–Trinajstić information content (AvgIpc) is 3.21. The summed E-state index contributed by atoms with van der Waals surface area (Å²) in [6, 6.07) is 12.6. The molecule has 1 N–H and O–H groups in total. The number of carbonyl (C=O) groups is 1. The Morgan fingerprint density at radius 1 is 1.12 bits per heavy atom. The smallest absolute Gasteiger partial charge is 0.356 e. The lowest BCUT2D eigenvalue weighted by atomic mass is 10.0. The van der Waals surface area contributed by atoms with Crippen LogP contribution >= 0.6 is 11.3 Å². The third kappa shape index (κ3) is 5.85. The number of anilines is 1. The standard InChI is InChI=1S/C23H23F3N4OS/c24-23(25,26)17-6-7-20(27-14-17)30-10-8-18(9-11-30)28-21(31)13-19-15-32-22(29-19)12-16-4-2-1-3-5-16/h1-7,14-15,18H,8-13H2,(H,28,31). The molecule has 0 bridgehead atoms. The Balaban J connectivity index is 1.23. The lowest BCUT2D eigenvalue weighted by Crippen LogP contribution is -2.45. The van der Waals surface area contributed by atoms with Crippen molar-refractivity contribution >= 4 is 23.1 Å². The molecule has 1 aliphatic heterocycles. The second kappa shape index (κ2) is 9.68. The maximum atomic E-state index is 12.7. The number of rotatable bonds is 6. The van der Waals surface area contributed by atoms with Crippen molar-refractivity contribution in [2.45, 2.75) is 37.9 Å². The summed E-state index contributed by atoms with van der Waals surface area (Å²) in [7, 11) is 0. The summed E-state index contributed by atoms with van der Waals surface area (Å²) in [6.45, 7) is 1.25. The van der Waals surface area contributed by atoms with E-state index < -0.39 is 11.7 Å². The molecule has 0 spiro atoms. The largest absolute Gasteiger partial charge is 0.417 e. The zero-order valence-electron chi connectivity index (χ0n) is 17.3. The second-order valence-corrected chi connectivity index (χ2v) is 8.75. The van der Waals surface area contributed by atoms with Gasteiger partial charge in [0, 0.05) is 37.1 Å². The molecule has 0 aliphatic carbocycles. The minimum Gasteiger partial charge on any atom is -0.356 e. The van der Waals surface area contributed by atoms with Crippen LogP contribution in [-0.4, -0.2) is 35.0 Å². The number of nitrogens with one attached hydrogen (secondary N) is 1. The summed E-state index contributed by atoms with van der Waals surface area (Å²) in [5, 5.41) is 5.97. The molecule has 0 saturated carbocycles. The molecule has 1 fully saturated rings. The number of nitrogens with zero attached hydrogens (tertiary/aromatic N) is 3. The summed E-state index contributed by atoms with van der Waals surface area (Å²) in [5.74, 6) is 0.462. The summed E-state index contributed by atoms with van der Waals surface area (Å²) in [6.07, 6.45) is -1.10. The molecule has 1 saturated heterocycles. The van der Waals surface area contributed by atoms with E-state index in [0.717, 1.165) is 29.4 Å². The summed E-state index contributed by atoms with van der Waals surface area (Å²) in [5.41, 5.74) is 1.20. The molecule has 4 rings (SSSR count). The highest BCUT2D eigenvalue weighted by Gasteiger charge is 2.31. The number of carbonyl (C=O) groups excluding carboxylic acids is 1. The Morgan fingerprint density at radius 3 is 2.53 bits per heavy atom. The summed E-state index contributed by atoms with van der Waals surface area (Å²) >= 11 is 1.56. The predicted octanol–water partition coefficient (Wildman–Crippen LogP) is 4.48. The van der Waals surface area contributed by atoms with Gasteiger partial charge in [0.15, 0.2) is 0 Å². The van der Waals surface area contributed by atoms with Crippen molar-refractivity contribution < 1.29 is 18.0 Å². The van der Waals surface area contributed by atoms with E-state index in [2.05, 4.69) is 27.4 Å². The minimum absolute atomic E-state index is 0.0376. The van der Waals surface area contributed by atoms with Crippen LogP contribution in [-0.2, 0) is 23.8 Å². The monoisotopic (exact) mass is 460 g/mol. The van der Waals surface area contributed by atoms with Gasteiger partial charge in [0.05, 0.1) is 22.7 Å². The molecule has 0 atom stereocenters. The molecule has 3 aromatic rings. The van der Waals surface area contributed by atoms with Gasteiger partial charge in [-0.15, -0.1) is 11.3 Å². The van der Waals surface area contributed by atoms with Gasteiger partial charge in [-0.25, -0.2) is 9.97 Å². The van der Waals surface area contributed by atoms with Crippen molar-refractivity contribution in [1.82, 2.24) is 15.3 Å². The van der Waals surface area contributed by atoms with Crippen LogP contribution in [0.2, 0.25) is 0 Å². The van der Waals surface area contributed by atoms with Crippen LogP contribution < -0.4 is 10.2 Å². The molecule has 9 heteroatoms. The normalized spacial score (nSPS) is 15.0. The van der Waals surface area contributed by atoms with Crippen LogP contribution in [0.3, 0.4) is 0 Å². The summed E-state index contributed by atoms with van der Waals surface area (Å²) < 4.78 is 38.1. The van der Waals surface area contributed by atoms with E-state index in [9.17, 15) is 18.0 Å². The van der Waals surface area contributed by atoms with Crippen molar-refractivity contribution in [2.24, 2.45) is 0 Å². The molecule has 32 heavy (non-hydrogen) atoms. The van der Waals surface area contributed by atoms with Gasteiger partial charge in [-0.1, -0.05) is 30.3 Å². The molecule has 3 heterocycles. The van der Waals surface area contributed by atoms with Gasteiger partial charge in [-0.3, -0.25) is 4.79 Å². The van der Waals surface area contributed by atoms with E-state index in [1.165, 1.54) is 11.6 Å². The highest BCUT2D eigenvalue weighted by molar-refractivity contribution is 7.09. The molecule has 1 aliphatic rings. The molecule has 168 valence electrons. The van der Waals surface area contributed by atoms with Crippen LogP contribution in [0.1, 0.15) is 34.7 Å². The highest BCUT2D eigenvalue weighted by Crippen LogP contribution is 2.29. The first-order chi connectivity index (χ1) is 15.4. The molecule has 0 unspecified atom stereocenters. The van der Waals surface area contributed by atoms with Gasteiger partial charge < -0.3 is 10.2 Å². The van der Waals surface area contributed by atoms with Crippen molar-refractivity contribution in [2.75, 3.05) is 18.0 Å². The fourth-order valence-corrected chi connectivity index (χ4v) is 4.55. The highest BCUT2D eigenvalue weighted by atomic mass is 32.1. The third-order valence-corrected chi connectivity index (χ3v) is 6.30. The van der Waals surface area contributed by atoms with E-state index >= 15 is 0 Å². The Hall–Kier alpha value is -2.94. The van der Waals surface area contributed by atoms with Crippen molar-refractivity contribution in [3.63, 3.8) is 0 Å². The molecular formula is C23H23F3N4OS.